The van der Waals surface area contributed by atoms with Gasteiger partial charge in [-0.1, -0.05) is 15.9 Å². The monoisotopic (exact) mass is 519 g/mol. The molecule has 29 heavy (non-hydrogen) atoms. The lowest BCUT2D eigenvalue weighted by Crippen LogP contribution is -2.03. The van der Waals surface area contributed by atoms with Crippen LogP contribution in [0.5, 0.6) is 5.75 Å². The minimum atomic E-state index is -0.449. The first-order valence-corrected chi connectivity index (χ1v) is 9.92. The second kappa shape index (κ2) is 8.66. The second-order valence-corrected chi connectivity index (χ2v) is 7.88. The average Bonchev–Trinajstić information content (AvgIpc) is 2.68. The number of anilines is 1. The Balaban J connectivity index is 1.89. The van der Waals surface area contributed by atoms with Crippen LogP contribution in [-0.2, 0) is 0 Å². The molecule has 148 valence electrons. The molecule has 3 rings (SSSR count). The zero-order valence-electron chi connectivity index (χ0n) is 15.3. The number of hydrogen-bond donors (Lipinski definition) is 2. The summed E-state index contributed by atoms with van der Waals surface area (Å²) in [5.74, 6) is 0.828. The number of rotatable bonds is 5. The van der Waals surface area contributed by atoms with Gasteiger partial charge in [0.2, 0.25) is 0 Å². The molecule has 0 fully saturated rings. The summed E-state index contributed by atoms with van der Waals surface area (Å²) < 4.78 is 1.29. The van der Waals surface area contributed by atoms with Crippen LogP contribution in [0, 0.1) is 17.0 Å². The summed E-state index contributed by atoms with van der Waals surface area (Å²) in [5.41, 5.74) is 5.42. The molecule has 8 nitrogen and oxygen atoms in total. The Labute approximate surface area is 183 Å². The van der Waals surface area contributed by atoms with E-state index in [-0.39, 0.29) is 11.4 Å². The number of nitro groups is 1. The fraction of sp³-hybridized carbons (Fsp3) is 0.105. The van der Waals surface area contributed by atoms with Crippen LogP contribution < -0.4 is 5.43 Å². The third-order valence-electron chi connectivity index (χ3n) is 3.96. The topological polar surface area (TPSA) is 114 Å². The van der Waals surface area contributed by atoms with E-state index in [1.165, 1.54) is 12.1 Å². The molecule has 0 atom stereocenters. The van der Waals surface area contributed by atoms with Gasteiger partial charge in [0.15, 0.2) is 11.6 Å². The maximum absolute atomic E-state index is 10.8. The van der Waals surface area contributed by atoms with Crippen molar-refractivity contribution in [1.82, 2.24) is 9.97 Å². The lowest BCUT2D eigenvalue weighted by atomic mass is 10.1. The maximum Gasteiger partial charge on any atom is 0.269 e. The molecule has 0 spiro atoms. The number of nitrogens with one attached hydrogen (secondary N) is 1. The quantitative estimate of drug-likeness (QED) is 0.263. The number of phenols is 1. The van der Waals surface area contributed by atoms with E-state index in [0.29, 0.717) is 33.1 Å². The average molecular weight is 521 g/mol. The number of hydrogen-bond acceptors (Lipinski definition) is 7. The molecule has 10 heteroatoms. The fourth-order valence-electron chi connectivity index (χ4n) is 2.51. The van der Waals surface area contributed by atoms with E-state index in [4.69, 9.17) is 0 Å². The molecule has 0 aliphatic rings. The molecule has 0 amide bonds. The van der Waals surface area contributed by atoms with Crippen LogP contribution in [0.3, 0.4) is 0 Å². The summed E-state index contributed by atoms with van der Waals surface area (Å²) in [5, 5.41) is 25.4. The number of aryl methyl sites for hydroxylation is 1. The van der Waals surface area contributed by atoms with Crippen molar-refractivity contribution in [2.45, 2.75) is 13.8 Å². The minimum Gasteiger partial charge on any atom is -0.506 e. The van der Waals surface area contributed by atoms with E-state index in [1.54, 1.807) is 37.3 Å². The number of halogens is 2. The van der Waals surface area contributed by atoms with E-state index >= 15 is 0 Å². The number of aromatic hydroxyl groups is 1. The first-order valence-electron chi connectivity index (χ1n) is 8.34. The zero-order chi connectivity index (χ0) is 21.1. The van der Waals surface area contributed by atoms with Gasteiger partial charge in [-0.25, -0.2) is 9.97 Å². The largest absolute Gasteiger partial charge is 0.506 e. The molecule has 3 aromatic rings. The molecule has 0 unspecified atom stereocenters. The van der Waals surface area contributed by atoms with E-state index in [2.05, 4.69) is 52.4 Å². The Hall–Kier alpha value is -2.85. The van der Waals surface area contributed by atoms with Crippen molar-refractivity contribution in [2.75, 3.05) is 5.43 Å². The Bertz CT molecular complexity index is 1120. The van der Waals surface area contributed by atoms with Crippen LogP contribution in [0.4, 0.5) is 11.5 Å². The Morgan fingerprint density at radius 2 is 1.86 bits per heavy atom. The van der Waals surface area contributed by atoms with Crippen molar-refractivity contribution in [3.05, 3.63) is 72.8 Å². The molecule has 0 saturated carbocycles. The first kappa shape index (κ1) is 20.9. The summed E-state index contributed by atoms with van der Waals surface area (Å²) in [6, 6.07) is 11.3. The summed E-state index contributed by atoms with van der Waals surface area (Å²) in [6.07, 6.45) is 0. The van der Waals surface area contributed by atoms with Gasteiger partial charge >= 0.3 is 0 Å². The number of benzene rings is 2. The highest BCUT2D eigenvalue weighted by Crippen LogP contribution is 2.37. The van der Waals surface area contributed by atoms with Crippen molar-refractivity contribution in [2.24, 2.45) is 5.10 Å². The fourth-order valence-corrected chi connectivity index (χ4v) is 3.74. The van der Waals surface area contributed by atoms with Crippen LogP contribution in [0.2, 0.25) is 0 Å². The lowest BCUT2D eigenvalue weighted by Gasteiger charge is -2.09. The Morgan fingerprint density at radius 3 is 2.52 bits per heavy atom. The van der Waals surface area contributed by atoms with Crippen LogP contribution in [0.15, 0.2) is 56.5 Å². The van der Waals surface area contributed by atoms with Gasteiger partial charge in [-0.15, -0.1) is 0 Å². The van der Waals surface area contributed by atoms with Gasteiger partial charge in [-0.3, -0.25) is 15.5 Å². The highest BCUT2D eigenvalue weighted by Gasteiger charge is 2.14. The molecule has 0 radical (unpaired) electrons. The van der Waals surface area contributed by atoms with E-state index < -0.39 is 4.92 Å². The van der Waals surface area contributed by atoms with Gasteiger partial charge in [-0.05, 0) is 59.6 Å². The molecule has 0 saturated heterocycles. The summed E-state index contributed by atoms with van der Waals surface area (Å²) >= 11 is 6.70. The van der Waals surface area contributed by atoms with Crippen molar-refractivity contribution < 1.29 is 10.0 Å². The van der Waals surface area contributed by atoms with Crippen molar-refractivity contribution in [3.8, 4) is 17.1 Å². The normalized spacial score (nSPS) is 11.4. The Kier molecular flexibility index (Phi) is 6.23. The van der Waals surface area contributed by atoms with Crippen LogP contribution in [0.1, 0.15) is 18.2 Å². The number of nitro benzene ring substituents is 1. The molecule has 2 aromatic carbocycles. The number of aromatic nitrogens is 2. The van der Waals surface area contributed by atoms with E-state index in [1.807, 2.05) is 6.92 Å². The van der Waals surface area contributed by atoms with Crippen LogP contribution in [-0.4, -0.2) is 25.7 Å². The van der Waals surface area contributed by atoms with Gasteiger partial charge in [0.25, 0.3) is 5.69 Å². The molecule has 1 aromatic heterocycles. The van der Waals surface area contributed by atoms with Gasteiger partial charge in [0.05, 0.1) is 20.7 Å². The van der Waals surface area contributed by atoms with E-state index in [0.717, 1.165) is 10.0 Å². The molecule has 0 bridgehead atoms. The summed E-state index contributed by atoms with van der Waals surface area (Å²) in [7, 11) is 0. The lowest BCUT2D eigenvalue weighted by molar-refractivity contribution is -0.384. The van der Waals surface area contributed by atoms with E-state index in [9.17, 15) is 15.2 Å². The summed E-state index contributed by atoms with van der Waals surface area (Å²) in [4.78, 5) is 19.1. The number of phenolic OH excluding ortho intramolecular Hbond substituents is 1. The molecular formula is C19H15Br2N5O3. The van der Waals surface area contributed by atoms with Gasteiger partial charge in [0, 0.05) is 28.4 Å². The number of nitrogens with zero attached hydrogens (tertiary/aromatic N) is 4. The van der Waals surface area contributed by atoms with Crippen molar-refractivity contribution in [3.63, 3.8) is 0 Å². The van der Waals surface area contributed by atoms with Crippen molar-refractivity contribution >= 4 is 49.1 Å². The number of non-ortho nitro benzene ring substituents is 1. The summed E-state index contributed by atoms with van der Waals surface area (Å²) in [6.45, 7) is 3.59. The van der Waals surface area contributed by atoms with Gasteiger partial charge in [0.1, 0.15) is 5.75 Å². The smallest absolute Gasteiger partial charge is 0.269 e. The predicted octanol–water partition coefficient (Wildman–Crippen LogP) is 5.43. The standard InChI is InChI=1S/C19H15Br2N5O3/c1-10-7-17(23-19(22-10)15-8-13(20)9-16(21)18(15)27)25-24-11(2)12-3-5-14(6-4-12)26(28)29/h3-9,27H,1-2H3,(H,22,23,25)/b24-11+. The molecule has 0 aliphatic carbocycles. The van der Waals surface area contributed by atoms with Crippen LogP contribution >= 0.6 is 31.9 Å². The van der Waals surface area contributed by atoms with Gasteiger partial charge < -0.3 is 5.11 Å². The first-order chi connectivity index (χ1) is 13.7. The predicted molar refractivity (Wildman–Crippen MR) is 118 cm³/mol. The van der Waals surface area contributed by atoms with Gasteiger partial charge in [-0.2, -0.15) is 5.10 Å². The highest BCUT2D eigenvalue weighted by molar-refractivity contribution is 9.11. The van der Waals surface area contributed by atoms with Crippen molar-refractivity contribution in [1.29, 1.82) is 0 Å². The third-order valence-corrected chi connectivity index (χ3v) is 5.02. The molecule has 1 heterocycles. The Morgan fingerprint density at radius 1 is 1.17 bits per heavy atom. The maximum atomic E-state index is 10.8. The van der Waals surface area contributed by atoms with Crippen LogP contribution in [0.25, 0.3) is 11.4 Å². The highest BCUT2D eigenvalue weighted by atomic mass is 79.9. The molecular weight excluding hydrogens is 506 g/mol. The second-order valence-electron chi connectivity index (χ2n) is 6.11. The minimum absolute atomic E-state index is 0.0190. The molecule has 0 aliphatic heterocycles. The molecule has 2 N–H and O–H groups in total. The number of hydrazone groups is 1. The zero-order valence-corrected chi connectivity index (χ0v) is 18.5. The third kappa shape index (κ3) is 4.96. The SMILES string of the molecule is C/C(=N\Nc1cc(C)nc(-c2cc(Br)cc(Br)c2O)n1)c1ccc([N+](=O)[O-])cc1.